The predicted molar refractivity (Wildman–Crippen MR) is 89.5 cm³/mol. The molecule has 1 aromatic heterocycles. The zero-order valence-corrected chi connectivity index (χ0v) is 13.8. The number of aryl methyl sites for hydroxylation is 1. The predicted octanol–water partition coefficient (Wildman–Crippen LogP) is 3.59. The van der Waals surface area contributed by atoms with Crippen LogP contribution in [0.4, 0.5) is 4.39 Å². The highest BCUT2D eigenvalue weighted by Gasteiger charge is 2.13. The first-order valence-corrected chi connectivity index (χ1v) is 7.87. The smallest absolute Gasteiger partial charge is 0.240 e. The zero-order chi connectivity index (χ0) is 17.6. The second-order valence-corrected chi connectivity index (χ2v) is 5.82. The van der Waals surface area contributed by atoms with Gasteiger partial charge in [0, 0.05) is 13.1 Å². The van der Waals surface area contributed by atoms with Crippen LogP contribution in [0.3, 0.4) is 0 Å². The van der Waals surface area contributed by atoms with E-state index < -0.39 is 0 Å². The average molecular weight is 336 g/mol. The van der Waals surface area contributed by atoms with Crippen LogP contribution >= 0.6 is 0 Å². The molecular weight excluding hydrogens is 319 g/mol. The summed E-state index contributed by atoms with van der Waals surface area (Å²) < 4.78 is 18.7. The second-order valence-electron chi connectivity index (χ2n) is 5.82. The van der Waals surface area contributed by atoms with Crippen molar-refractivity contribution in [3.8, 4) is 6.07 Å². The lowest BCUT2D eigenvalue weighted by Gasteiger charge is -2.21. The van der Waals surface area contributed by atoms with E-state index >= 15 is 0 Å². The van der Waals surface area contributed by atoms with E-state index in [9.17, 15) is 4.39 Å². The standard InChI is InChI=1S/C19H17FN4O/c1-14-22-19(25-23-14)13-24(12-17-3-2-4-18(20)9-17)11-16-7-5-15(10-21)6-8-16/h2-9H,11-13H2,1H3. The quantitative estimate of drug-likeness (QED) is 0.688. The molecule has 0 aliphatic rings. The van der Waals surface area contributed by atoms with Gasteiger partial charge >= 0.3 is 0 Å². The van der Waals surface area contributed by atoms with Crippen LogP contribution in [0.15, 0.2) is 53.1 Å². The summed E-state index contributed by atoms with van der Waals surface area (Å²) in [6, 6.07) is 16.0. The van der Waals surface area contributed by atoms with Gasteiger partial charge in [-0.1, -0.05) is 29.4 Å². The van der Waals surface area contributed by atoms with E-state index in [1.807, 2.05) is 18.2 Å². The van der Waals surface area contributed by atoms with Crippen LogP contribution in [0, 0.1) is 24.1 Å². The zero-order valence-electron chi connectivity index (χ0n) is 13.8. The molecular formula is C19H17FN4O. The van der Waals surface area contributed by atoms with Gasteiger partial charge < -0.3 is 4.52 Å². The van der Waals surface area contributed by atoms with Gasteiger partial charge in [-0.05, 0) is 42.3 Å². The molecule has 0 aliphatic heterocycles. The summed E-state index contributed by atoms with van der Waals surface area (Å²) in [5.41, 5.74) is 2.53. The topological polar surface area (TPSA) is 66.0 Å². The fraction of sp³-hybridized carbons (Fsp3) is 0.211. The summed E-state index contributed by atoms with van der Waals surface area (Å²) in [5.74, 6) is 0.839. The Balaban J connectivity index is 1.78. The van der Waals surface area contributed by atoms with Crippen LogP contribution < -0.4 is 0 Å². The number of nitriles is 1. The minimum Gasteiger partial charge on any atom is -0.338 e. The van der Waals surface area contributed by atoms with E-state index in [0.29, 0.717) is 36.9 Å². The highest BCUT2D eigenvalue weighted by Crippen LogP contribution is 2.15. The van der Waals surface area contributed by atoms with Gasteiger partial charge in [0.05, 0.1) is 18.2 Å². The van der Waals surface area contributed by atoms with Gasteiger partial charge in [-0.2, -0.15) is 10.2 Å². The number of hydrogen-bond donors (Lipinski definition) is 0. The van der Waals surface area contributed by atoms with Crippen molar-refractivity contribution in [2.75, 3.05) is 0 Å². The minimum atomic E-state index is -0.260. The van der Waals surface area contributed by atoms with Crippen LogP contribution in [0.1, 0.15) is 28.4 Å². The molecule has 2 aromatic carbocycles. The van der Waals surface area contributed by atoms with E-state index in [4.69, 9.17) is 9.78 Å². The van der Waals surface area contributed by atoms with Crippen LogP contribution in [0.2, 0.25) is 0 Å². The summed E-state index contributed by atoms with van der Waals surface area (Å²) in [4.78, 5) is 6.33. The highest BCUT2D eigenvalue weighted by atomic mass is 19.1. The van der Waals surface area contributed by atoms with Gasteiger partial charge in [0.15, 0.2) is 5.82 Å². The summed E-state index contributed by atoms with van der Waals surface area (Å²) in [6.45, 7) is 3.38. The summed E-state index contributed by atoms with van der Waals surface area (Å²) >= 11 is 0. The Kier molecular flexibility index (Phi) is 5.17. The van der Waals surface area contributed by atoms with Crippen LogP contribution in [-0.2, 0) is 19.6 Å². The number of hydrogen-bond acceptors (Lipinski definition) is 5. The third-order valence-corrected chi connectivity index (χ3v) is 3.71. The molecule has 0 N–H and O–H groups in total. The van der Waals surface area contributed by atoms with Crippen molar-refractivity contribution in [2.45, 2.75) is 26.6 Å². The van der Waals surface area contributed by atoms with Crippen molar-refractivity contribution in [3.05, 3.63) is 82.8 Å². The Hall–Kier alpha value is -3.04. The second kappa shape index (κ2) is 7.69. The molecule has 3 aromatic rings. The van der Waals surface area contributed by atoms with Crippen LogP contribution in [0.5, 0.6) is 0 Å². The van der Waals surface area contributed by atoms with Crippen molar-refractivity contribution in [1.29, 1.82) is 5.26 Å². The molecule has 0 atom stereocenters. The van der Waals surface area contributed by atoms with Crippen molar-refractivity contribution in [1.82, 2.24) is 15.0 Å². The molecule has 126 valence electrons. The third kappa shape index (κ3) is 4.72. The van der Waals surface area contributed by atoms with Crippen molar-refractivity contribution in [3.63, 3.8) is 0 Å². The molecule has 0 unspecified atom stereocenters. The number of benzene rings is 2. The Morgan fingerprint density at radius 3 is 2.48 bits per heavy atom. The molecule has 0 spiro atoms. The number of halogens is 1. The largest absolute Gasteiger partial charge is 0.338 e. The maximum atomic E-state index is 13.5. The first-order valence-electron chi connectivity index (χ1n) is 7.87. The molecule has 3 rings (SSSR count). The average Bonchev–Trinajstić information content (AvgIpc) is 3.00. The van der Waals surface area contributed by atoms with Gasteiger partial charge in [-0.25, -0.2) is 4.39 Å². The summed E-state index contributed by atoms with van der Waals surface area (Å²) in [7, 11) is 0. The highest BCUT2D eigenvalue weighted by molar-refractivity contribution is 5.31. The maximum Gasteiger partial charge on any atom is 0.240 e. The Bertz CT molecular complexity index is 883. The van der Waals surface area contributed by atoms with Gasteiger partial charge in [-0.3, -0.25) is 4.90 Å². The van der Waals surface area contributed by atoms with Gasteiger partial charge in [0.2, 0.25) is 5.89 Å². The third-order valence-electron chi connectivity index (χ3n) is 3.71. The monoisotopic (exact) mass is 336 g/mol. The summed E-state index contributed by atoms with van der Waals surface area (Å²) in [5, 5.41) is 12.7. The number of nitrogens with zero attached hydrogens (tertiary/aromatic N) is 4. The van der Waals surface area contributed by atoms with E-state index in [-0.39, 0.29) is 5.82 Å². The molecule has 0 radical (unpaired) electrons. The van der Waals surface area contributed by atoms with Crippen molar-refractivity contribution in [2.24, 2.45) is 0 Å². The molecule has 0 amide bonds. The molecule has 5 nitrogen and oxygen atoms in total. The van der Waals surface area contributed by atoms with Crippen LogP contribution in [-0.4, -0.2) is 15.0 Å². The molecule has 0 aliphatic carbocycles. The van der Waals surface area contributed by atoms with E-state index in [1.165, 1.54) is 12.1 Å². The lowest BCUT2D eigenvalue weighted by Crippen LogP contribution is -2.22. The summed E-state index contributed by atoms with van der Waals surface area (Å²) in [6.07, 6.45) is 0. The SMILES string of the molecule is Cc1noc(CN(Cc2ccc(C#N)cc2)Cc2cccc(F)c2)n1. The molecule has 25 heavy (non-hydrogen) atoms. The fourth-order valence-electron chi connectivity index (χ4n) is 2.60. The van der Waals surface area contributed by atoms with E-state index in [2.05, 4.69) is 21.1 Å². The fourth-order valence-corrected chi connectivity index (χ4v) is 2.60. The molecule has 6 heteroatoms. The maximum absolute atomic E-state index is 13.5. The molecule has 0 bridgehead atoms. The number of aromatic nitrogens is 2. The Labute approximate surface area is 145 Å². The Morgan fingerprint density at radius 2 is 1.84 bits per heavy atom. The van der Waals surface area contributed by atoms with E-state index in [1.54, 1.807) is 25.1 Å². The first kappa shape index (κ1) is 16.8. The van der Waals surface area contributed by atoms with Gasteiger partial charge in [0.25, 0.3) is 0 Å². The van der Waals surface area contributed by atoms with Gasteiger partial charge in [0.1, 0.15) is 5.82 Å². The lowest BCUT2D eigenvalue weighted by molar-refractivity contribution is 0.210. The first-order chi connectivity index (χ1) is 12.1. The lowest BCUT2D eigenvalue weighted by atomic mass is 10.1. The van der Waals surface area contributed by atoms with Crippen molar-refractivity contribution >= 4 is 0 Å². The van der Waals surface area contributed by atoms with Crippen molar-refractivity contribution < 1.29 is 8.91 Å². The molecule has 1 heterocycles. The molecule has 0 saturated heterocycles. The van der Waals surface area contributed by atoms with E-state index in [0.717, 1.165) is 11.1 Å². The molecule has 0 fully saturated rings. The molecule has 0 saturated carbocycles. The normalized spacial score (nSPS) is 10.8. The van der Waals surface area contributed by atoms with Crippen LogP contribution in [0.25, 0.3) is 0 Å². The van der Waals surface area contributed by atoms with Gasteiger partial charge in [-0.15, -0.1) is 0 Å². The number of rotatable bonds is 6. The Morgan fingerprint density at radius 1 is 1.08 bits per heavy atom. The minimum absolute atomic E-state index is 0.260.